The second-order valence-corrected chi connectivity index (χ2v) is 11.9. The number of para-hydroxylation sites is 1. The summed E-state index contributed by atoms with van der Waals surface area (Å²) in [5.41, 5.74) is 3.92. The number of aliphatic hydroxyl groups excluding tert-OH is 1. The van der Waals surface area contributed by atoms with Crippen molar-refractivity contribution in [1.29, 1.82) is 0 Å². The number of hydrogen-bond donors (Lipinski definition) is 2. The average molecular weight is 587 g/mol. The fourth-order valence-corrected chi connectivity index (χ4v) is 6.53. The number of carbonyl (C=O) groups excluding carboxylic acids is 1. The molecule has 0 saturated carbocycles. The van der Waals surface area contributed by atoms with Crippen LogP contribution in [0.25, 0.3) is 0 Å². The van der Waals surface area contributed by atoms with Crippen LogP contribution in [0.1, 0.15) is 28.8 Å². The molecule has 1 amide bonds. The number of likely N-dealkylation sites (tertiary alicyclic amines) is 1. The molecule has 3 unspecified atom stereocenters. The lowest BCUT2D eigenvalue weighted by Crippen LogP contribution is -2.49. The summed E-state index contributed by atoms with van der Waals surface area (Å²) in [5.74, 6) is 0.967. The lowest BCUT2D eigenvalue weighted by molar-refractivity contribution is 0.00322. The Morgan fingerprint density at radius 2 is 1.86 bits per heavy atom. The Labute approximate surface area is 253 Å². The zero-order valence-corrected chi connectivity index (χ0v) is 25.6. The van der Waals surface area contributed by atoms with Crippen molar-refractivity contribution in [2.24, 2.45) is 0 Å². The quantitative estimate of drug-likeness (QED) is 0.526. The first-order valence-corrected chi connectivity index (χ1v) is 15.0. The molecule has 3 atom stereocenters. The number of fused-ring (bicyclic) bond motifs is 2. The van der Waals surface area contributed by atoms with Gasteiger partial charge in [-0.15, -0.1) is 0 Å². The van der Waals surface area contributed by atoms with Gasteiger partial charge in [0.2, 0.25) is 5.95 Å². The van der Waals surface area contributed by atoms with Gasteiger partial charge in [-0.3, -0.25) is 9.69 Å². The summed E-state index contributed by atoms with van der Waals surface area (Å²) in [6.07, 6.45) is 13.0. The Morgan fingerprint density at radius 1 is 1.07 bits per heavy atom. The Kier molecular flexibility index (Phi) is 8.13. The molecule has 1 aromatic heterocycles. The number of rotatable bonds is 6. The summed E-state index contributed by atoms with van der Waals surface area (Å²) in [5, 5.41) is 14.7. The Hall–Kier alpha value is -3.93. The van der Waals surface area contributed by atoms with Crippen molar-refractivity contribution in [2.75, 3.05) is 69.5 Å². The Balaban J connectivity index is 1.14. The van der Waals surface area contributed by atoms with Gasteiger partial charge in [-0.05, 0) is 43.0 Å². The molecule has 1 fully saturated rings. The number of likely N-dealkylation sites (N-methyl/N-ethyl adjacent to an activating group) is 1. The van der Waals surface area contributed by atoms with E-state index in [0.717, 1.165) is 55.8 Å². The number of ether oxygens (including phenoxy) is 1. The van der Waals surface area contributed by atoms with E-state index < -0.39 is 6.23 Å². The minimum absolute atomic E-state index is 0.0973. The largest absolute Gasteiger partial charge is 0.377 e. The first-order valence-electron chi connectivity index (χ1n) is 15.0. The molecule has 11 heteroatoms. The molecule has 4 heterocycles. The number of benzene rings is 1. The predicted molar refractivity (Wildman–Crippen MR) is 169 cm³/mol. The monoisotopic (exact) mass is 586 g/mol. The third-order valence-corrected chi connectivity index (χ3v) is 9.15. The second-order valence-electron chi connectivity index (χ2n) is 11.9. The summed E-state index contributed by atoms with van der Waals surface area (Å²) in [6, 6.07) is 6.01. The molecule has 1 saturated heterocycles. The molecule has 228 valence electrons. The van der Waals surface area contributed by atoms with Crippen molar-refractivity contribution in [3.05, 3.63) is 71.7 Å². The van der Waals surface area contributed by atoms with E-state index in [9.17, 15) is 9.90 Å². The highest BCUT2D eigenvalue weighted by Gasteiger charge is 2.33. The maximum absolute atomic E-state index is 13.2. The number of hydrogen-bond acceptors (Lipinski definition) is 10. The van der Waals surface area contributed by atoms with Crippen molar-refractivity contribution in [3.63, 3.8) is 0 Å². The van der Waals surface area contributed by atoms with Gasteiger partial charge in [-0.25, -0.2) is 4.98 Å². The molecule has 1 aliphatic carbocycles. The fraction of sp³-hybridized carbons (Fsp3) is 0.469. The summed E-state index contributed by atoms with van der Waals surface area (Å²) < 4.78 is 5.84. The highest BCUT2D eigenvalue weighted by molar-refractivity contribution is 6.13. The number of anilines is 4. The minimum atomic E-state index is -0.687. The van der Waals surface area contributed by atoms with Gasteiger partial charge in [0.15, 0.2) is 5.82 Å². The number of nitrogens with zero attached hydrogens (tertiary/aromatic N) is 7. The molecule has 1 aromatic carbocycles. The molecule has 43 heavy (non-hydrogen) atoms. The Morgan fingerprint density at radius 3 is 2.58 bits per heavy atom. The molecule has 6 rings (SSSR count). The number of methoxy groups -OCH3 is 1. The topological polar surface area (TPSA) is 101 Å². The highest BCUT2D eigenvalue weighted by atomic mass is 16.5. The maximum Gasteiger partial charge on any atom is 0.260 e. The van der Waals surface area contributed by atoms with Crippen molar-refractivity contribution in [2.45, 2.75) is 44.2 Å². The van der Waals surface area contributed by atoms with Gasteiger partial charge in [0.05, 0.1) is 29.6 Å². The van der Waals surface area contributed by atoms with Crippen LogP contribution in [0.2, 0.25) is 0 Å². The third kappa shape index (κ3) is 5.60. The van der Waals surface area contributed by atoms with E-state index >= 15 is 0 Å². The van der Waals surface area contributed by atoms with Gasteiger partial charge in [-0.1, -0.05) is 24.3 Å². The van der Waals surface area contributed by atoms with E-state index in [1.807, 2.05) is 55.3 Å². The zero-order chi connectivity index (χ0) is 30.2. The van der Waals surface area contributed by atoms with E-state index in [1.54, 1.807) is 25.3 Å². The molecular formula is C32H42N8O3. The molecule has 0 radical (unpaired) electrons. The summed E-state index contributed by atoms with van der Waals surface area (Å²) in [4.78, 5) is 33.0. The standard InChI is InChI=1S/C32H42N8O3/c1-21-7-6-8-24-28(21)38(4)29-26(37(3)31(24)42)20-33-32(35-29)34-25-10-9-22(19-27(25)43-5)30(41)40-13-11-23(12-14-40)39-17-15-36(2)16-18-39/h6-10,15,17,19-20,23,25,27,30,41H,11-14,16,18H2,1-5H3,(H,33,34,35). The van der Waals surface area contributed by atoms with Gasteiger partial charge in [0, 0.05) is 72.9 Å². The summed E-state index contributed by atoms with van der Waals surface area (Å²) >= 11 is 0. The van der Waals surface area contributed by atoms with E-state index in [1.165, 1.54) is 0 Å². The molecule has 11 nitrogen and oxygen atoms in total. The lowest BCUT2D eigenvalue weighted by atomic mass is 9.96. The molecule has 3 aliphatic heterocycles. The molecule has 0 spiro atoms. The van der Waals surface area contributed by atoms with Gasteiger partial charge in [0.25, 0.3) is 5.91 Å². The maximum atomic E-state index is 13.2. The third-order valence-electron chi connectivity index (χ3n) is 9.15. The number of aliphatic hydroxyl groups is 1. The van der Waals surface area contributed by atoms with E-state index in [-0.39, 0.29) is 18.1 Å². The van der Waals surface area contributed by atoms with Crippen LogP contribution in [0.15, 0.2) is 60.6 Å². The molecule has 2 N–H and O–H groups in total. The number of aromatic nitrogens is 2. The highest BCUT2D eigenvalue weighted by Crippen LogP contribution is 2.39. The molecule has 0 bridgehead atoms. The van der Waals surface area contributed by atoms with E-state index in [2.05, 4.69) is 44.4 Å². The SMILES string of the molecule is COC1C=C(C(O)N2CCC(N3C=CN(C)CC3)CC2)C=CC1Nc1ncc2c(n1)N(C)c1c(C)cccc1C(=O)N2C. The number of nitrogens with one attached hydrogen (secondary N) is 1. The van der Waals surface area contributed by atoms with Crippen LogP contribution < -0.4 is 15.1 Å². The van der Waals surface area contributed by atoms with Gasteiger partial charge in [-0.2, -0.15) is 4.98 Å². The van der Waals surface area contributed by atoms with Crippen LogP contribution in [-0.4, -0.2) is 115 Å². The van der Waals surface area contributed by atoms with Crippen molar-refractivity contribution in [3.8, 4) is 0 Å². The normalized spacial score (nSPS) is 23.6. The lowest BCUT2D eigenvalue weighted by Gasteiger charge is -2.42. The van der Waals surface area contributed by atoms with Crippen molar-refractivity contribution in [1.82, 2.24) is 24.7 Å². The average Bonchev–Trinajstić information content (AvgIpc) is 3.11. The number of aryl methyl sites for hydroxylation is 1. The van der Waals surface area contributed by atoms with E-state index in [0.29, 0.717) is 29.1 Å². The molecular weight excluding hydrogens is 544 g/mol. The summed E-state index contributed by atoms with van der Waals surface area (Å²) in [6.45, 7) is 5.76. The van der Waals surface area contributed by atoms with Gasteiger partial charge >= 0.3 is 0 Å². The van der Waals surface area contributed by atoms with Crippen LogP contribution in [0.4, 0.5) is 23.1 Å². The van der Waals surface area contributed by atoms with Gasteiger partial charge < -0.3 is 34.8 Å². The summed E-state index contributed by atoms with van der Waals surface area (Å²) in [7, 11) is 7.44. The van der Waals surface area contributed by atoms with Crippen LogP contribution in [-0.2, 0) is 4.74 Å². The first kappa shape index (κ1) is 29.2. The second kappa shape index (κ2) is 12.0. The number of carbonyl (C=O) groups is 1. The first-order chi connectivity index (χ1) is 20.7. The molecule has 2 aromatic rings. The van der Waals surface area contributed by atoms with E-state index in [4.69, 9.17) is 9.72 Å². The van der Waals surface area contributed by atoms with Crippen LogP contribution >= 0.6 is 0 Å². The number of piperidine rings is 1. The smallest absolute Gasteiger partial charge is 0.260 e. The van der Waals surface area contributed by atoms with Crippen LogP contribution in [0.5, 0.6) is 0 Å². The van der Waals surface area contributed by atoms with Gasteiger partial charge in [0.1, 0.15) is 11.9 Å². The molecule has 4 aliphatic rings. The van der Waals surface area contributed by atoms with Crippen LogP contribution in [0, 0.1) is 6.92 Å². The Bertz CT molecular complexity index is 1450. The zero-order valence-electron chi connectivity index (χ0n) is 25.6. The fourth-order valence-electron chi connectivity index (χ4n) is 6.53. The predicted octanol–water partition coefficient (Wildman–Crippen LogP) is 2.94. The number of amides is 1. The van der Waals surface area contributed by atoms with Crippen molar-refractivity contribution < 1.29 is 14.6 Å². The minimum Gasteiger partial charge on any atom is -0.377 e. The van der Waals surface area contributed by atoms with Crippen LogP contribution in [0.3, 0.4) is 0 Å². The van der Waals surface area contributed by atoms with Crippen molar-refractivity contribution >= 4 is 29.0 Å².